The third kappa shape index (κ3) is 4.17. The Bertz CT molecular complexity index is 833. The lowest BCUT2D eigenvalue weighted by atomic mass is 10.2. The first kappa shape index (κ1) is 18.3. The third-order valence-corrected chi connectivity index (χ3v) is 4.96. The van der Waals surface area contributed by atoms with E-state index in [0.717, 1.165) is 16.9 Å². The molecule has 0 heterocycles. The first-order chi connectivity index (χ1) is 12.3. The van der Waals surface area contributed by atoms with Crippen molar-refractivity contribution in [3.8, 4) is 0 Å². The molecule has 2 aromatic rings. The Kier molecular flexibility index (Phi) is 5.18. The summed E-state index contributed by atoms with van der Waals surface area (Å²) >= 11 is 6.07. The number of hydrogen-bond acceptors (Lipinski definition) is 3. The van der Waals surface area contributed by atoms with Crippen LogP contribution in [0.15, 0.2) is 42.5 Å². The van der Waals surface area contributed by atoms with Crippen molar-refractivity contribution in [2.75, 3.05) is 29.6 Å². The second kappa shape index (κ2) is 7.38. The fourth-order valence-electron chi connectivity index (χ4n) is 2.76. The number of nitrogens with one attached hydrogen (secondary N) is 2. The molecule has 2 N–H and O–H groups in total. The molecule has 3 rings (SSSR count). The van der Waals surface area contributed by atoms with Crippen molar-refractivity contribution in [1.29, 1.82) is 0 Å². The molecule has 0 radical (unpaired) electrons. The zero-order chi connectivity index (χ0) is 18.8. The van der Waals surface area contributed by atoms with Gasteiger partial charge in [0, 0.05) is 36.2 Å². The van der Waals surface area contributed by atoms with Crippen LogP contribution in [0.5, 0.6) is 0 Å². The van der Waals surface area contributed by atoms with E-state index in [-0.39, 0.29) is 23.7 Å². The van der Waals surface area contributed by atoms with Gasteiger partial charge >= 0.3 is 0 Å². The minimum absolute atomic E-state index is 0.121. The number of hydrogen-bond donors (Lipinski definition) is 2. The second-order valence-corrected chi connectivity index (χ2v) is 7.24. The van der Waals surface area contributed by atoms with Gasteiger partial charge in [0.1, 0.15) is 0 Å². The number of carbonyl (C=O) groups is 2. The van der Waals surface area contributed by atoms with Gasteiger partial charge in [0.25, 0.3) is 0 Å². The molecule has 0 aliphatic heterocycles. The molecule has 1 fully saturated rings. The van der Waals surface area contributed by atoms with E-state index in [0.29, 0.717) is 17.1 Å². The minimum Gasteiger partial charge on any atom is -0.378 e. The normalized spacial score (nSPS) is 18.2. The molecule has 26 heavy (non-hydrogen) atoms. The lowest BCUT2D eigenvalue weighted by Crippen LogP contribution is -2.20. The van der Waals surface area contributed by atoms with E-state index in [2.05, 4.69) is 10.6 Å². The molecule has 136 valence electrons. The van der Waals surface area contributed by atoms with Crippen molar-refractivity contribution in [2.45, 2.75) is 13.3 Å². The van der Waals surface area contributed by atoms with Gasteiger partial charge in [0.2, 0.25) is 11.8 Å². The summed E-state index contributed by atoms with van der Waals surface area (Å²) < 4.78 is 0. The van der Waals surface area contributed by atoms with Gasteiger partial charge in [-0.05, 0) is 55.3 Å². The maximum Gasteiger partial charge on any atom is 0.228 e. The maximum atomic E-state index is 12.3. The predicted octanol–water partition coefficient (Wildman–Crippen LogP) is 3.93. The molecule has 2 amide bonds. The van der Waals surface area contributed by atoms with Gasteiger partial charge in [-0.2, -0.15) is 0 Å². The zero-order valence-electron chi connectivity index (χ0n) is 15.0. The number of benzene rings is 2. The Balaban J connectivity index is 1.54. The molecule has 0 saturated heterocycles. The number of rotatable bonds is 5. The second-order valence-electron chi connectivity index (χ2n) is 6.83. The van der Waals surface area contributed by atoms with E-state index >= 15 is 0 Å². The van der Waals surface area contributed by atoms with Gasteiger partial charge in [-0.25, -0.2) is 0 Å². The van der Waals surface area contributed by atoms with Gasteiger partial charge in [-0.15, -0.1) is 0 Å². The summed E-state index contributed by atoms with van der Waals surface area (Å²) in [4.78, 5) is 26.6. The number of aryl methyl sites for hydroxylation is 1. The maximum absolute atomic E-state index is 12.3. The standard InChI is InChI=1S/C20H22ClN3O2/c1-12-4-5-14(10-18(12)21)23-20(26)17-11-16(17)19(25)22-13-6-8-15(9-7-13)24(2)3/h4-10,16-17H,11H2,1-3H3,(H,22,25)(H,23,26). The molecule has 1 aliphatic rings. The largest absolute Gasteiger partial charge is 0.378 e. The summed E-state index contributed by atoms with van der Waals surface area (Å²) in [5.41, 5.74) is 3.39. The third-order valence-electron chi connectivity index (χ3n) is 4.55. The molecule has 2 aromatic carbocycles. The Morgan fingerprint density at radius 3 is 2.04 bits per heavy atom. The molecule has 2 atom stereocenters. The van der Waals surface area contributed by atoms with Crippen molar-refractivity contribution in [2.24, 2.45) is 11.8 Å². The highest BCUT2D eigenvalue weighted by atomic mass is 35.5. The summed E-state index contributed by atoms with van der Waals surface area (Å²) in [6.07, 6.45) is 0.563. The molecule has 0 bridgehead atoms. The molecule has 1 saturated carbocycles. The molecular weight excluding hydrogens is 350 g/mol. The molecule has 0 spiro atoms. The smallest absolute Gasteiger partial charge is 0.228 e. The quantitative estimate of drug-likeness (QED) is 0.837. The highest BCUT2D eigenvalue weighted by Crippen LogP contribution is 2.40. The number of halogens is 1. The summed E-state index contributed by atoms with van der Waals surface area (Å²) in [6, 6.07) is 13.0. The van der Waals surface area contributed by atoms with Crippen LogP contribution >= 0.6 is 11.6 Å². The summed E-state index contributed by atoms with van der Waals surface area (Å²) in [7, 11) is 3.92. The molecule has 5 nitrogen and oxygen atoms in total. The topological polar surface area (TPSA) is 61.4 Å². The number of anilines is 3. The van der Waals surface area contributed by atoms with Crippen molar-refractivity contribution < 1.29 is 9.59 Å². The van der Waals surface area contributed by atoms with Crippen molar-refractivity contribution in [3.05, 3.63) is 53.1 Å². The van der Waals surface area contributed by atoms with E-state index in [1.165, 1.54) is 0 Å². The average molecular weight is 372 g/mol. The van der Waals surface area contributed by atoms with Crippen LogP contribution < -0.4 is 15.5 Å². The van der Waals surface area contributed by atoms with Crippen LogP contribution in [0.2, 0.25) is 5.02 Å². The van der Waals surface area contributed by atoms with Crippen molar-refractivity contribution in [1.82, 2.24) is 0 Å². The monoisotopic (exact) mass is 371 g/mol. The average Bonchev–Trinajstić information content (AvgIpc) is 3.39. The van der Waals surface area contributed by atoms with Crippen LogP contribution in [-0.2, 0) is 9.59 Å². The Morgan fingerprint density at radius 2 is 1.50 bits per heavy atom. The van der Waals surface area contributed by atoms with E-state index < -0.39 is 0 Å². The number of carbonyl (C=O) groups excluding carboxylic acids is 2. The van der Waals surface area contributed by atoms with Crippen LogP contribution in [-0.4, -0.2) is 25.9 Å². The fraction of sp³-hybridized carbons (Fsp3) is 0.300. The van der Waals surface area contributed by atoms with Gasteiger partial charge in [-0.3, -0.25) is 9.59 Å². The Labute approximate surface area is 158 Å². The van der Waals surface area contributed by atoms with E-state index in [1.54, 1.807) is 6.07 Å². The molecular formula is C20H22ClN3O2. The van der Waals surface area contributed by atoms with Crippen molar-refractivity contribution in [3.63, 3.8) is 0 Å². The van der Waals surface area contributed by atoms with Crippen LogP contribution in [0.3, 0.4) is 0 Å². The zero-order valence-corrected chi connectivity index (χ0v) is 15.8. The van der Waals surface area contributed by atoms with Crippen LogP contribution in [0.4, 0.5) is 17.1 Å². The Hall–Kier alpha value is -2.53. The highest BCUT2D eigenvalue weighted by molar-refractivity contribution is 6.31. The Morgan fingerprint density at radius 1 is 0.962 bits per heavy atom. The van der Waals surface area contributed by atoms with Crippen molar-refractivity contribution >= 4 is 40.5 Å². The lowest BCUT2D eigenvalue weighted by molar-refractivity contribution is -0.122. The summed E-state index contributed by atoms with van der Waals surface area (Å²) in [5, 5.41) is 6.31. The van der Waals surface area contributed by atoms with E-state index in [9.17, 15) is 9.59 Å². The molecule has 2 unspecified atom stereocenters. The van der Waals surface area contributed by atoms with Gasteiger partial charge < -0.3 is 15.5 Å². The van der Waals surface area contributed by atoms with Gasteiger partial charge in [-0.1, -0.05) is 17.7 Å². The van der Waals surface area contributed by atoms with E-state index in [1.807, 2.05) is 62.3 Å². The lowest BCUT2D eigenvalue weighted by Gasteiger charge is -2.13. The highest BCUT2D eigenvalue weighted by Gasteiger charge is 2.48. The first-order valence-electron chi connectivity index (χ1n) is 8.50. The SMILES string of the molecule is Cc1ccc(NC(=O)C2CC2C(=O)Nc2ccc(N(C)C)cc2)cc1Cl. The summed E-state index contributed by atoms with van der Waals surface area (Å²) in [6.45, 7) is 1.90. The number of amides is 2. The van der Waals surface area contributed by atoms with Crippen LogP contribution in [0.25, 0.3) is 0 Å². The fourth-order valence-corrected chi connectivity index (χ4v) is 2.94. The van der Waals surface area contributed by atoms with Gasteiger partial charge in [0.05, 0.1) is 11.8 Å². The van der Waals surface area contributed by atoms with Crippen LogP contribution in [0.1, 0.15) is 12.0 Å². The molecule has 1 aliphatic carbocycles. The molecule has 6 heteroatoms. The first-order valence-corrected chi connectivity index (χ1v) is 8.88. The molecule has 0 aromatic heterocycles. The predicted molar refractivity (Wildman–Crippen MR) is 106 cm³/mol. The van der Waals surface area contributed by atoms with E-state index in [4.69, 9.17) is 11.6 Å². The minimum atomic E-state index is -0.295. The number of nitrogens with zero attached hydrogens (tertiary/aromatic N) is 1. The van der Waals surface area contributed by atoms with Gasteiger partial charge in [0.15, 0.2) is 0 Å². The summed E-state index contributed by atoms with van der Waals surface area (Å²) in [5.74, 6) is -0.849. The van der Waals surface area contributed by atoms with Crippen LogP contribution in [0, 0.1) is 18.8 Å².